The molecule has 2 heteroatoms. The number of benzene rings is 3. The highest BCUT2D eigenvalue weighted by molar-refractivity contribution is 5.93. The van der Waals surface area contributed by atoms with E-state index in [-0.39, 0.29) is 0 Å². The monoisotopic (exact) mass is 235 g/mol. The Balaban J connectivity index is 1.87. The van der Waals surface area contributed by atoms with Crippen LogP contribution in [-0.2, 0) is 0 Å². The predicted octanol–water partition coefficient (Wildman–Crippen LogP) is 4.25. The summed E-state index contributed by atoms with van der Waals surface area (Å²) in [6.07, 6.45) is 0. The van der Waals surface area contributed by atoms with Crippen molar-refractivity contribution in [3.8, 4) is 5.75 Å². The predicted molar refractivity (Wildman–Crippen MR) is 74.6 cm³/mol. The summed E-state index contributed by atoms with van der Waals surface area (Å²) in [4.78, 5) is 5.55. The Labute approximate surface area is 106 Å². The van der Waals surface area contributed by atoms with E-state index in [1.54, 1.807) is 0 Å². The molecule has 3 aromatic rings. The second-order valence-electron chi connectivity index (χ2n) is 4.04. The molecule has 3 aromatic carbocycles. The second-order valence-corrected chi connectivity index (χ2v) is 4.04. The highest BCUT2D eigenvalue weighted by Gasteiger charge is 1.99. The summed E-state index contributed by atoms with van der Waals surface area (Å²) >= 11 is 0. The molecule has 0 aromatic heterocycles. The van der Waals surface area contributed by atoms with Crippen LogP contribution in [0.15, 0.2) is 72.8 Å². The van der Waals surface area contributed by atoms with Crippen LogP contribution in [0.4, 0.5) is 5.69 Å². The Kier molecular flexibility index (Phi) is 2.84. The Morgan fingerprint density at radius 2 is 1.39 bits per heavy atom. The van der Waals surface area contributed by atoms with Crippen LogP contribution < -0.4 is 10.3 Å². The fourth-order valence-electron chi connectivity index (χ4n) is 1.92. The van der Waals surface area contributed by atoms with Crippen LogP contribution in [0.25, 0.3) is 10.8 Å². The highest BCUT2D eigenvalue weighted by atomic mass is 16.6. The van der Waals surface area contributed by atoms with Crippen LogP contribution >= 0.6 is 0 Å². The fraction of sp³-hybridized carbons (Fsp3) is 0. The lowest BCUT2D eigenvalue weighted by Gasteiger charge is -2.10. The van der Waals surface area contributed by atoms with Gasteiger partial charge in [0.1, 0.15) is 0 Å². The quantitative estimate of drug-likeness (QED) is 0.685. The summed E-state index contributed by atoms with van der Waals surface area (Å²) < 4.78 is 0. The molecular formula is C16H13NO. The third-order valence-electron chi connectivity index (χ3n) is 2.81. The van der Waals surface area contributed by atoms with Crippen molar-refractivity contribution in [3.63, 3.8) is 0 Å². The van der Waals surface area contributed by atoms with Gasteiger partial charge in [0, 0.05) is 5.39 Å². The molecule has 0 saturated carbocycles. The molecule has 18 heavy (non-hydrogen) atoms. The van der Waals surface area contributed by atoms with Crippen molar-refractivity contribution in [1.29, 1.82) is 0 Å². The Morgan fingerprint density at radius 3 is 2.28 bits per heavy atom. The van der Waals surface area contributed by atoms with Crippen LogP contribution in [0.3, 0.4) is 0 Å². The van der Waals surface area contributed by atoms with Gasteiger partial charge in [-0.3, -0.25) is 0 Å². The van der Waals surface area contributed by atoms with Gasteiger partial charge >= 0.3 is 0 Å². The summed E-state index contributed by atoms with van der Waals surface area (Å²) in [5, 5.41) is 2.34. The Morgan fingerprint density at radius 1 is 0.667 bits per heavy atom. The van der Waals surface area contributed by atoms with Gasteiger partial charge in [0.15, 0.2) is 5.75 Å². The molecule has 0 fully saturated rings. The lowest BCUT2D eigenvalue weighted by atomic mass is 10.1. The van der Waals surface area contributed by atoms with Crippen LogP contribution in [0.5, 0.6) is 5.75 Å². The maximum atomic E-state index is 5.55. The van der Waals surface area contributed by atoms with Crippen molar-refractivity contribution >= 4 is 16.5 Å². The Hall–Kier alpha value is -2.48. The second kappa shape index (κ2) is 4.80. The van der Waals surface area contributed by atoms with Crippen molar-refractivity contribution < 1.29 is 4.84 Å². The number of nitrogens with one attached hydrogen (secondary N) is 1. The van der Waals surface area contributed by atoms with Gasteiger partial charge < -0.3 is 4.84 Å². The highest BCUT2D eigenvalue weighted by Crippen LogP contribution is 2.23. The van der Waals surface area contributed by atoms with Gasteiger partial charge in [-0.2, -0.15) is 0 Å². The number of para-hydroxylation sites is 1. The molecule has 88 valence electrons. The summed E-state index contributed by atoms with van der Waals surface area (Å²) in [5.74, 6) is 0.797. The third kappa shape index (κ3) is 2.13. The first-order chi connectivity index (χ1) is 8.93. The number of hydrogen-bond donors (Lipinski definition) is 1. The van der Waals surface area contributed by atoms with Gasteiger partial charge in [-0.25, -0.2) is 5.48 Å². The zero-order valence-electron chi connectivity index (χ0n) is 9.84. The minimum absolute atomic E-state index is 0.797. The first-order valence-corrected chi connectivity index (χ1v) is 5.89. The van der Waals surface area contributed by atoms with E-state index in [2.05, 4.69) is 23.7 Å². The van der Waals surface area contributed by atoms with Crippen molar-refractivity contribution in [2.45, 2.75) is 0 Å². The molecule has 1 N–H and O–H groups in total. The number of fused-ring (bicyclic) bond motifs is 1. The molecule has 0 aliphatic heterocycles. The lowest BCUT2D eigenvalue weighted by molar-refractivity contribution is 0.406. The van der Waals surface area contributed by atoms with E-state index in [9.17, 15) is 0 Å². The minimum atomic E-state index is 0.797. The maximum Gasteiger partial charge on any atom is 0.155 e. The van der Waals surface area contributed by atoms with Crippen LogP contribution in [0.1, 0.15) is 0 Å². The summed E-state index contributed by atoms with van der Waals surface area (Å²) in [6, 6.07) is 24.0. The standard InChI is InChI=1S/C16H13NO/c1-2-9-14(10-3-1)18-17-16-12-6-8-13-7-4-5-11-15(13)16/h1-12,17H. The van der Waals surface area contributed by atoms with Gasteiger partial charge in [0.05, 0.1) is 5.69 Å². The largest absolute Gasteiger partial charge is 0.382 e. The number of anilines is 1. The average molecular weight is 235 g/mol. The molecule has 0 radical (unpaired) electrons. The molecule has 0 saturated heterocycles. The fourth-order valence-corrected chi connectivity index (χ4v) is 1.92. The van der Waals surface area contributed by atoms with Crippen molar-refractivity contribution in [2.24, 2.45) is 0 Å². The van der Waals surface area contributed by atoms with Crippen LogP contribution in [-0.4, -0.2) is 0 Å². The van der Waals surface area contributed by atoms with Crippen molar-refractivity contribution in [1.82, 2.24) is 0 Å². The molecule has 2 nitrogen and oxygen atoms in total. The number of hydrogen-bond acceptors (Lipinski definition) is 2. The normalized spacial score (nSPS) is 10.2. The molecule has 0 bridgehead atoms. The van der Waals surface area contributed by atoms with E-state index in [0.717, 1.165) is 16.8 Å². The van der Waals surface area contributed by atoms with Gasteiger partial charge in [-0.05, 0) is 23.6 Å². The Bertz CT molecular complexity index is 644. The van der Waals surface area contributed by atoms with E-state index >= 15 is 0 Å². The summed E-state index contributed by atoms with van der Waals surface area (Å²) in [5.41, 5.74) is 3.97. The van der Waals surface area contributed by atoms with Gasteiger partial charge in [-0.15, -0.1) is 0 Å². The minimum Gasteiger partial charge on any atom is -0.382 e. The van der Waals surface area contributed by atoms with E-state index in [0.29, 0.717) is 0 Å². The van der Waals surface area contributed by atoms with Gasteiger partial charge in [0.2, 0.25) is 0 Å². The topological polar surface area (TPSA) is 21.3 Å². The molecule has 0 atom stereocenters. The van der Waals surface area contributed by atoms with Crippen LogP contribution in [0, 0.1) is 0 Å². The average Bonchev–Trinajstić information content (AvgIpc) is 2.46. The zero-order chi connectivity index (χ0) is 12.2. The molecule has 0 amide bonds. The first kappa shape index (κ1) is 10.7. The molecule has 0 heterocycles. The number of rotatable bonds is 3. The first-order valence-electron chi connectivity index (χ1n) is 5.89. The van der Waals surface area contributed by atoms with Gasteiger partial charge in [-0.1, -0.05) is 54.6 Å². The summed E-state index contributed by atoms with van der Waals surface area (Å²) in [7, 11) is 0. The van der Waals surface area contributed by atoms with Crippen LogP contribution in [0.2, 0.25) is 0 Å². The molecular weight excluding hydrogens is 222 g/mol. The zero-order valence-corrected chi connectivity index (χ0v) is 9.84. The van der Waals surface area contributed by atoms with E-state index < -0.39 is 0 Å². The van der Waals surface area contributed by atoms with E-state index in [1.807, 2.05) is 54.6 Å². The molecule has 0 aliphatic carbocycles. The third-order valence-corrected chi connectivity index (χ3v) is 2.81. The van der Waals surface area contributed by atoms with Crippen molar-refractivity contribution in [3.05, 3.63) is 72.8 Å². The summed E-state index contributed by atoms with van der Waals surface area (Å²) in [6.45, 7) is 0. The maximum absolute atomic E-state index is 5.55. The molecule has 3 rings (SSSR count). The van der Waals surface area contributed by atoms with E-state index in [4.69, 9.17) is 4.84 Å². The van der Waals surface area contributed by atoms with E-state index in [1.165, 1.54) is 5.39 Å². The smallest absolute Gasteiger partial charge is 0.155 e. The molecule has 0 spiro atoms. The molecule has 0 aliphatic rings. The molecule has 0 unspecified atom stereocenters. The van der Waals surface area contributed by atoms with Gasteiger partial charge in [0.25, 0.3) is 0 Å². The van der Waals surface area contributed by atoms with Crippen molar-refractivity contribution in [2.75, 3.05) is 5.48 Å². The SMILES string of the molecule is c1ccc(ONc2cccc3ccccc23)cc1. The lowest BCUT2D eigenvalue weighted by Crippen LogP contribution is -2.04.